The van der Waals surface area contributed by atoms with Gasteiger partial charge in [-0.05, 0) is 42.8 Å². The zero-order chi connectivity index (χ0) is 17.7. The lowest BCUT2D eigenvalue weighted by molar-refractivity contribution is -0.117. The fourth-order valence-electron chi connectivity index (χ4n) is 2.31. The zero-order valence-electron chi connectivity index (χ0n) is 13.3. The van der Waals surface area contributed by atoms with Crippen LogP contribution in [0, 0.1) is 5.82 Å². The van der Waals surface area contributed by atoms with Crippen LogP contribution in [0.15, 0.2) is 48.8 Å². The Hall–Kier alpha value is -2.48. The standard InChI is InChI=1S/C16H18FN3O3S/c1-3-15(16(21)19-13-5-4-10-18-11-13)20(24(2,22)23)14-8-6-12(17)7-9-14/h4-11,15H,3H2,1-2H3,(H,19,21)/t15-/m0/s1. The summed E-state index contributed by atoms with van der Waals surface area (Å²) in [6, 6.07) is 7.31. The lowest BCUT2D eigenvalue weighted by Crippen LogP contribution is -2.47. The number of amides is 1. The smallest absolute Gasteiger partial charge is 0.248 e. The second kappa shape index (κ2) is 7.39. The summed E-state index contributed by atoms with van der Waals surface area (Å²) in [5.41, 5.74) is 0.695. The van der Waals surface area contributed by atoms with Gasteiger partial charge >= 0.3 is 0 Å². The van der Waals surface area contributed by atoms with Gasteiger partial charge in [0.25, 0.3) is 0 Å². The monoisotopic (exact) mass is 351 g/mol. The molecule has 0 aliphatic rings. The summed E-state index contributed by atoms with van der Waals surface area (Å²) in [7, 11) is -3.75. The second-order valence-corrected chi connectivity index (χ2v) is 7.05. The van der Waals surface area contributed by atoms with Gasteiger partial charge in [0.1, 0.15) is 11.9 Å². The zero-order valence-corrected chi connectivity index (χ0v) is 14.1. The van der Waals surface area contributed by atoms with Crippen LogP contribution in [-0.2, 0) is 14.8 Å². The maximum absolute atomic E-state index is 13.1. The van der Waals surface area contributed by atoms with Crippen molar-refractivity contribution in [2.45, 2.75) is 19.4 Å². The molecule has 2 aromatic rings. The molecule has 8 heteroatoms. The predicted octanol–water partition coefficient (Wildman–Crippen LogP) is 2.40. The lowest BCUT2D eigenvalue weighted by Gasteiger charge is -2.30. The normalized spacial score (nSPS) is 12.5. The van der Waals surface area contributed by atoms with E-state index in [2.05, 4.69) is 10.3 Å². The Morgan fingerprint density at radius 3 is 2.46 bits per heavy atom. The van der Waals surface area contributed by atoms with Gasteiger partial charge in [0, 0.05) is 6.20 Å². The second-order valence-electron chi connectivity index (χ2n) is 5.19. The van der Waals surface area contributed by atoms with Crippen molar-refractivity contribution in [1.29, 1.82) is 0 Å². The highest BCUT2D eigenvalue weighted by molar-refractivity contribution is 7.92. The number of benzene rings is 1. The van der Waals surface area contributed by atoms with Crippen LogP contribution in [-0.4, -0.2) is 31.6 Å². The molecule has 24 heavy (non-hydrogen) atoms. The Bertz CT molecular complexity index is 795. The molecule has 0 spiro atoms. The van der Waals surface area contributed by atoms with Crippen molar-refractivity contribution >= 4 is 27.3 Å². The summed E-state index contributed by atoms with van der Waals surface area (Å²) in [6.07, 6.45) is 4.29. The number of carbonyl (C=O) groups excluding carboxylic acids is 1. The molecule has 128 valence electrons. The lowest BCUT2D eigenvalue weighted by atomic mass is 10.2. The molecule has 1 heterocycles. The number of nitrogens with one attached hydrogen (secondary N) is 1. The fraction of sp³-hybridized carbons (Fsp3) is 0.250. The highest BCUT2D eigenvalue weighted by Gasteiger charge is 2.31. The number of aromatic nitrogens is 1. The number of hydrogen-bond donors (Lipinski definition) is 1. The number of carbonyl (C=O) groups is 1. The van der Waals surface area contributed by atoms with E-state index in [9.17, 15) is 17.6 Å². The topological polar surface area (TPSA) is 79.4 Å². The third-order valence-electron chi connectivity index (χ3n) is 3.34. The van der Waals surface area contributed by atoms with E-state index in [0.717, 1.165) is 22.7 Å². The number of nitrogens with zero attached hydrogens (tertiary/aromatic N) is 2. The molecule has 1 atom stereocenters. The van der Waals surface area contributed by atoms with Crippen molar-refractivity contribution in [2.75, 3.05) is 15.9 Å². The van der Waals surface area contributed by atoms with Gasteiger partial charge in [-0.15, -0.1) is 0 Å². The molecule has 1 aromatic carbocycles. The number of pyridine rings is 1. The Balaban J connectivity index is 2.35. The van der Waals surface area contributed by atoms with Crippen molar-refractivity contribution in [1.82, 2.24) is 4.98 Å². The first-order valence-electron chi connectivity index (χ1n) is 7.28. The first-order valence-corrected chi connectivity index (χ1v) is 9.13. The summed E-state index contributed by atoms with van der Waals surface area (Å²) in [4.78, 5) is 16.4. The minimum atomic E-state index is -3.75. The fourth-order valence-corrected chi connectivity index (χ4v) is 3.52. The molecule has 0 bridgehead atoms. The average Bonchev–Trinajstić information content (AvgIpc) is 2.53. The van der Waals surface area contributed by atoms with Gasteiger partial charge in [0.15, 0.2) is 0 Å². The number of hydrogen-bond acceptors (Lipinski definition) is 4. The molecular weight excluding hydrogens is 333 g/mol. The number of sulfonamides is 1. The summed E-state index contributed by atoms with van der Waals surface area (Å²) >= 11 is 0. The Labute approximate surface area is 140 Å². The van der Waals surface area contributed by atoms with E-state index in [1.54, 1.807) is 25.3 Å². The van der Waals surface area contributed by atoms with Gasteiger partial charge in [0.05, 0.1) is 23.8 Å². The molecular formula is C16H18FN3O3S. The molecule has 1 aromatic heterocycles. The highest BCUT2D eigenvalue weighted by atomic mass is 32.2. The third kappa shape index (κ3) is 4.29. The minimum Gasteiger partial charge on any atom is -0.323 e. The number of rotatable bonds is 6. The molecule has 0 aliphatic heterocycles. The van der Waals surface area contributed by atoms with E-state index in [1.807, 2.05) is 0 Å². The summed E-state index contributed by atoms with van der Waals surface area (Å²) in [5, 5.41) is 2.65. The van der Waals surface area contributed by atoms with Crippen LogP contribution in [0.5, 0.6) is 0 Å². The molecule has 2 rings (SSSR count). The van der Waals surface area contributed by atoms with Gasteiger partial charge in [-0.3, -0.25) is 14.1 Å². The third-order valence-corrected chi connectivity index (χ3v) is 4.52. The molecule has 1 N–H and O–H groups in total. The molecule has 1 amide bonds. The SMILES string of the molecule is CC[C@@H](C(=O)Nc1cccnc1)N(c1ccc(F)cc1)S(C)(=O)=O. The quantitative estimate of drug-likeness (QED) is 0.867. The molecule has 0 aliphatic carbocycles. The van der Waals surface area contributed by atoms with Crippen molar-refractivity contribution in [2.24, 2.45) is 0 Å². The molecule has 0 radical (unpaired) electrons. The predicted molar refractivity (Wildman–Crippen MR) is 90.7 cm³/mol. The van der Waals surface area contributed by atoms with Gasteiger partial charge in [-0.1, -0.05) is 6.92 Å². The van der Waals surface area contributed by atoms with Crippen LogP contribution >= 0.6 is 0 Å². The summed E-state index contributed by atoms with van der Waals surface area (Å²) < 4.78 is 38.5. The van der Waals surface area contributed by atoms with Crippen LogP contribution in [0.3, 0.4) is 0 Å². The van der Waals surface area contributed by atoms with Crippen molar-refractivity contribution < 1.29 is 17.6 Å². The van der Waals surface area contributed by atoms with E-state index in [0.29, 0.717) is 5.69 Å². The Morgan fingerprint density at radius 2 is 1.96 bits per heavy atom. The van der Waals surface area contributed by atoms with Crippen LogP contribution in [0.25, 0.3) is 0 Å². The van der Waals surface area contributed by atoms with Gasteiger partial charge in [-0.2, -0.15) is 0 Å². The molecule has 6 nitrogen and oxygen atoms in total. The van der Waals surface area contributed by atoms with Gasteiger partial charge < -0.3 is 5.32 Å². The summed E-state index contributed by atoms with van der Waals surface area (Å²) in [5.74, 6) is -0.972. The maximum Gasteiger partial charge on any atom is 0.248 e. The van der Waals surface area contributed by atoms with Gasteiger partial charge in [0.2, 0.25) is 15.9 Å². The number of anilines is 2. The minimum absolute atomic E-state index is 0.229. The van der Waals surface area contributed by atoms with Crippen LogP contribution < -0.4 is 9.62 Å². The van der Waals surface area contributed by atoms with E-state index in [1.165, 1.54) is 18.3 Å². The number of halogens is 1. The first-order chi connectivity index (χ1) is 11.3. The van der Waals surface area contributed by atoms with Crippen molar-refractivity contribution in [3.8, 4) is 0 Å². The van der Waals surface area contributed by atoms with Crippen LogP contribution in [0.4, 0.5) is 15.8 Å². The van der Waals surface area contributed by atoms with E-state index in [-0.39, 0.29) is 12.1 Å². The van der Waals surface area contributed by atoms with Crippen molar-refractivity contribution in [3.63, 3.8) is 0 Å². The first kappa shape index (κ1) is 17.9. The molecule has 0 unspecified atom stereocenters. The van der Waals surface area contributed by atoms with Crippen LogP contribution in [0.2, 0.25) is 0 Å². The molecule has 0 fully saturated rings. The van der Waals surface area contributed by atoms with Gasteiger partial charge in [-0.25, -0.2) is 12.8 Å². The van der Waals surface area contributed by atoms with Crippen molar-refractivity contribution in [3.05, 3.63) is 54.6 Å². The Morgan fingerprint density at radius 1 is 1.29 bits per heavy atom. The molecule has 0 saturated carbocycles. The van der Waals surface area contributed by atoms with Crippen LogP contribution in [0.1, 0.15) is 13.3 Å². The van der Waals surface area contributed by atoms with E-state index in [4.69, 9.17) is 0 Å². The largest absolute Gasteiger partial charge is 0.323 e. The average molecular weight is 351 g/mol. The van der Waals surface area contributed by atoms with E-state index >= 15 is 0 Å². The van der Waals surface area contributed by atoms with E-state index < -0.39 is 27.8 Å². The Kier molecular flexibility index (Phi) is 5.50. The maximum atomic E-state index is 13.1. The molecule has 0 saturated heterocycles. The highest BCUT2D eigenvalue weighted by Crippen LogP contribution is 2.23. The summed E-state index contributed by atoms with van der Waals surface area (Å²) in [6.45, 7) is 1.70.